The third-order valence-corrected chi connectivity index (χ3v) is 2.63. The maximum absolute atomic E-state index is 12.0. The summed E-state index contributed by atoms with van der Waals surface area (Å²) in [5.41, 5.74) is 2.23. The van der Waals surface area contributed by atoms with E-state index in [2.05, 4.69) is 15.3 Å². The molecule has 1 aromatic heterocycles. The maximum atomic E-state index is 12.0. The van der Waals surface area contributed by atoms with E-state index in [1.165, 1.54) is 12.4 Å². The average Bonchev–Trinajstić information content (AvgIpc) is 2.47. The number of halogens is 1. The van der Waals surface area contributed by atoms with Gasteiger partial charge < -0.3 is 5.32 Å². The van der Waals surface area contributed by atoms with Gasteiger partial charge in [0, 0.05) is 23.0 Å². The number of nitrogen functional groups attached to an aromatic ring is 1. The molecule has 0 atom stereocenters. The van der Waals surface area contributed by atoms with Gasteiger partial charge in [0.1, 0.15) is 0 Å². The molecular formula is C12H10ClN5O2. The minimum atomic E-state index is -0.649. The van der Waals surface area contributed by atoms with Crippen LogP contribution in [0.1, 0.15) is 20.8 Å². The zero-order chi connectivity index (χ0) is 14.5. The van der Waals surface area contributed by atoms with Crippen molar-refractivity contribution in [1.29, 1.82) is 0 Å². The third kappa shape index (κ3) is 3.08. The predicted octanol–water partition coefficient (Wildman–Crippen LogP) is 0.986. The lowest BCUT2D eigenvalue weighted by molar-refractivity contribution is 0.0949. The van der Waals surface area contributed by atoms with Gasteiger partial charge in [0.25, 0.3) is 11.8 Å². The number of carbonyl (C=O) groups excluding carboxylic acids is 2. The van der Waals surface area contributed by atoms with Crippen molar-refractivity contribution < 1.29 is 9.59 Å². The van der Waals surface area contributed by atoms with E-state index in [1.807, 2.05) is 5.43 Å². The molecule has 0 unspecified atom stereocenters. The minimum absolute atomic E-state index is 0.0235. The lowest BCUT2D eigenvalue weighted by atomic mass is 10.2. The van der Waals surface area contributed by atoms with Crippen molar-refractivity contribution in [3.8, 4) is 0 Å². The number of nitrogens with two attached hydrogens (primary N) is 1. The molecule has 102 valence electrons. The molecule has 1 heterocycles. The van der Waals surface area contributed by atoms with Gasteiger partial charge in [-0.2, -0.15) is 0 Å². The number of amides is 2. The Hall–Kier alpha value is -2.51. The highest BCUT2D eigenvalue weighted by atomic mass is 35.5. The van der Waals surface area contributed by atoms with Gasteiger partial charge in [0.05, 0.1) is 0 Å². The summed E-state index contributed by atoms with van der Waals surface area (Å²) in [5, 5.41) is 3.01. The monoisotopic (exact) mass is 291 g/mol. The predicted molar refractivity (Wildman–Crippen MR) is 73.1 cm³/mol. The molecule has 0 saturated carbocycles. The van der Waals surface area contributed by atoms with Crippen molar-refractivity contribution in [1.82, 2.24) is 15.4 Å². The molecule has 0 radical (unpaired) electrons. The number of aromatic nitrogens is 2. The highest BCUT2D eigenvalue weighted by Gasteiger charge is 2.15. The minimum Gasteiger partial charge on any atom is -0.305 e. The molecule has 0 saturated heterocycles. The summed E-state index contributed by atoms with van der Waals surface area (Å²) < 4.78 is 0. The fourth-order valence-electron chi connectivity index (χ4n) is 1.44. The molecule has 0 fully saturated rings. The van der Waals surface area contributed by atoms with Crippen molar-refractivity contribution >= 4 is 29.2 Å². The van der Waals surface area contributed by atoms with Crippen molar-refractivity contribution in [2.75, 3.05) is 5.32 Å². The van der Waals surface area contributed by atoms with E-state index >= 15 is 0 Å². The third-order valence-electron chi connectivity index (χ3n) is 2.38. The summed E-state index contributed by atoms with van der Waals surface area (Å²) in [6.07, 6.45) is 2.67. The van der Waals surface area contributed by atoms with Crippen LogP contribution in [0.3, 0.4) is 0 Å². The first-order chi connectivity index (χ1) is 9.61. The Balaban J connectivity index is 2.24. The van der Waals surface area contributed by atoms with Crippen LogP contribution >= 0.6 is 11.6 Å². The van der Waals surface area contributed by atoms with Gasteiger partial charge in [-0.1, -0.05) is 11.6 Å². The van der Waals surface area contributed by atoms with Crippen molar-refractivity contribution in [2.45, 2.75) is 0 Å². The molecule has 2 amide bonds. The quantitative estimate of drug-likeness (QED) is 0.444. The molecule has 20 heavy (non-hydrogen) atoms. The van der Waals surface area contributed by atoms with E-state index in [0.717, 1.165) is 0 Å². The largest absolute Gasteiger partial charge is 0.305 e. The smallest absolute Gasteiger partial charge is 0.287 e. The van der Waals surface area contributed by atoms with Crippen LogP contribution < -0.4 is 16.6 Å². The van der Waals surface area contributed by atoms with Crippen molar-refractivity contribution in [3.05, 3.63) is 52.9 Å². The first-order valence-electron chi connectivity index (χ1n) is 5.50. The van der Waals surface area contributed by atoms with Gasteiger partial charge in [-0.15, -0.1) is 0 Å². The Morgan fingerprint density at radius 3 is 2.35 bits per heavy atom. The Labute approximate surface area is 119 Å². The molecule has 0 spiro atoms. The SMILES string of the molecule is NNC(=O)c1nccnc1NC(=O)c1ccc(Cl)cc1. The molecule has 0 aliphatic rings. The fraction of sp³-hybridized carbons (Fsp3) is 0. The summed E-state index contributed by atoms with van der Waals surface area (Å²) in [4.78, 5) is 31.2. The number of benzene rings is 1. The summed E-state index contributed by atoms with van der Waals surface area (Å²) >= 11 is 5.74. The molecule has 0 aliphatic carbocycles. The van der Waals surface area contributed by atoms with Crippen LogP contribution in [0.2, 0.25) is 5.02 Å². The zero-order valence-electron chi connectivity index (χ0n) is 10.1. The average molecular weight is 292 g/mol. The topological polar surface area (TPSA) is 110 Å². The maximum Gasteiger partial charge on any atom is 0.287 e. The van der Waals surface area contributed by atoms with Crippen LogP contribution in [0.5, 0.6) is 0 Å². The van der Waals surface area contributed by atoms with Crippen LogP contribution in [0.4, 0.5) is 5.82 Å². The molecule has 0 bridgehead atoms. The number of rotatable bonds is 3. The number of hydrogen-bond donors (Lipinski definition) is 3. The summed E-state index contributed by atoms with van der Waals surface area (Å²) in [6.45, 7) is 0. The van der Waals surface area contributed by atoms with Crippen molar-refractivity contribution in [2.24, 2.45) is 5.84 Å². The number of nitrogens with zero attached hydrogens (tertiary/aromatic N) is 2. The standard InChI is InChI=1S/C12H10ClN5O2/c13-8-3-1-7(2-4-8)11(19)17-10-9(12(20)18-14)15-5-6-16-10/h1-6H,14H2,(H,18,20)(H,16,17,19). The lowest BCUT2D eigenvalue weighted by Gasteiger charge is -2.07. The fourth-order valence-corrected chi connectivity index (χ4v) is 1.57. The van der Waals surface area contributed by atoms with Gasteiger partial charge in [0.15, 0.2) is 11.5 Å². The summed E-state index contributed by atoms with van der Waals surface area (Å²) in [7, 11) is 0. The van der Waals surface area contributed by atoms with E-state index < -0.39 is 11.8 Å². The van der Waals surface area contributed by atoms with Crippen LogP contribution in [0.15, 0.2) is 36.7 Å². The molecule has 1 aromatic carbocycles. The number of carbonyl (C=O) groups is 2. The molecule has 4 N–H and O–H groups in total. The Bertz CT molecular complexity index is 645. The van der Waals surface area contributed by atoms with E-state index in [0.29, 0.717) is 10.6 Å². The second-order valence-corrected chi connectivity index (χ2v) is 4.12. The van der Waals surface area contributed by atoms with Gasteiger partial charge in [-0.3, -0.25) is 15.0 Å². The Morgan fingerprint density at radius 2 is 1.70 bits per heavy atom. The summed E-state index contributed by atoms with van der Waals surface area (Å²) in [5.74, 6) is 3.97. The van der Waals surface area contributed by atoms with Gasteiger partial charge in [-0.25, -0.2) is 15.8 Å². The first kappa shape index (κ1) is 13.9. The van der Waals surface area contributed by atoms with E-state index in [4.69, 9.17) is 17.4 Å². The van der Waals surface area contributed by atoms with E-state index in [1.54, 1.807) is 24.3 Å². The number of nitrogens with one attached hydrogen (secondary N) is 2. The van der Waals surface area contributed by atoms with E-state index in [9.17, 15) is 9.59 Å². The van der Waals surface area contributed by atoms with E-state index in [-0.39, 0.29) is 11.5 Å². The number of hydrazine groups is 1. The highest BCUT2D eigenvalue weighted by Crippen LogP contribution is 2.13. The van der Waals surface area contributed by atoms with Crippen LogP contribution in [0.25, 0.3) is 0 Å². The summed E-state index contributed by atoms with van der Waals surface area (Å²) in [6, 6.07) is 6.27. The van der Waals surface area contributed by atoms with Crippen LogP contribution in [-0.4, -0.2) is 21.8 Å². The van der Waals surface area contributed by atoms with Gasteiger partial charge in [0.2, 0.25) is 0 Å². The zero-order valence-corrected chi connectivity index (χ0v) is 10.9. The Kier molecular flexibility index (Phi) is 4.24. The molecule has 2 aromatic rings. The van der Waals surface area contributed by atoms with Crippen molar-refractivity contribution in [3.63, 3.8) is 0 Å². The molecule has 8 heteroatoms. The Morgan fingerprint density at radius 1 is 1.05 bits per heavy atom. The lowest BCUT2D eigenvalue weighted by Crippen LogP contribution is -2.32. The molecule has 2 rings (SSSR count). The molecule has 7 nitrogen and oxygen atoms in total. The number of hydrogen-bond acceptors (Lipinski definition) is 5. The van der Waals surface area contributed by atoms with Gasteiger partial charge >= 0.3 is 0 Å². The highest BCUT2D eigenvalue weighted by molar-refractivity contribution is 6.30. The number of anilines is 1. The second kappa shape index (κ2) is 6.09. The van der Waals surface area contributed by atoms with Gasteiger partial charge in [-0.05, 0) is 24.3 Å². The molecule has 0 aliphatic heterocycles. The first-order valence-corrected chi connectivity index (χ1v) is 5.88. The molecular weight excluding hydrogens is 282 g/mol. The van der Waals surface area contributed by atoms with Crippen LogP contribution in [-0.2, 0) is 0 Å². The normalized spacial score (nSPS) is 9.90. The van der Waals surface area contributed by atoms with Crippen LogP contribution in [0, 0.1) is 0 Å². The second-order valence-electron chi connectivity index (χ2n) is 3.69.